The van der Waals surface area contributed by atoms with Crippen LogP contribution in [0.1, 0.15) is 5.56 Å². The number of benzene rings is 2. The molecule has 0 bridgehead atoms. The number of sulfonamides is 1. The van der Waals surface area contributed by atoms with Gasteiger partial charge in [-0.05, 0) is 45.8 Å². The van der Waals surface area contributed by atoms with Crippen LogP contribution in [0.3, 0.4) is 0 Å². The van der Waals surface area contributed by atoms with Crippen LogP contribution in [0.4, 0.5) is 0 Å². The zero-order valence-corrected chi connectivity index (χ0v) is 14.0. The average molecular weight is 395 g/mol. The van der Waals surface area contributed by atoms with Crippen LogP contribution in [0, 0.1) is 0 Å². The van der Waals surface area contributed by atoms with Gasteiger partial charge in [0.1, 0.15) is 0 Å². The van der Waals surface area contributed by atoms with Gasteiger partial charge in [-0.2, -0.15) is 0 Å². The second-order valence-corrected chi connectivity index (χ2v) is 7.43. The summed E-state index contributed by atoms with van der Waals surface area (Å²) < 4.78 is 27.4. The summed E-state index contributed by atoms with van der Waals surface area (Å²) in [6.45, 7) is 0.127. The van der Waals surface area contributed by atoms with E-state index in [1.54, 1.807) is 24.3 Å². The quantitative estimate of drug-likeness (QED) is 0.843. The van der Waals surface area contributed by atoms with Crippen molar-refractivity contribution in [3.05, 3.63) is 62.5 Å². The first kappa shape index (κ1) is 15.8. The molecular formula is C13H10BrCl2NO2S. The van der Waals surface area contributed by atoms with E-state index in [0.29, 0.717) is 20.1 Å². The second kappa shape index (κ2) is 6.45. The van der Waals surface area contributed by atoms with Crippen LogP contribution in [0.15, 0.2) is 51.8 Å². The lowest BCUT2D eigenvalue weighted by molar-refractivity contribution is 0.581. The molecule has 0 aliphatic heterocycles. The zero-order chi connectivity index (χ0) is 14.8. The molecule has 106 valence electrons. The number of rotatable bonds is 4. The van der Waals surface area contributed by atoms with Gasteiger partial charge in [-0.15, -0.1) is 0 Å². The van der Waals surface area contributed by atoms with Gasteiger partial charge in [0.15, 0.2) is 0 Å². The third kappa shape index (κ3) is 3.74. The van der Waals surface area contributed by atoms with Gasteiger partial charge in [-0.1, -0.05) is 41.4 Å². The number of nitrogens with one attached hydrogen (secondary N) is 1. The summed E-state index contributed by atoms with van der Waals surface area (Å²) >= 11 is 15.0. The summed E-state index contributed by atoms with van der Waals surface area (Å²) in [6, 6.07) is 11.5. The molecule has 2 rings (SSSR count). The van der Waals surface area contributed by atoms with Gasteiger partial charge in [0, 0.05) is 16.0 Å². The summed E-state index contributed by atoms with van der Waals surface area (Å²) in [6.07, 6.45) is 0. The van der Waals surface area contributed by atoms with Gasteiger partial charge in [-0.3, -0.25) is 0 Å². The van der Waals surface area contributed by atoms with Crippen molar-refractivity contribution < 1.29 is 8.42 Å². The van der Waals surface area contributed by atoms with Crippen molar-refractivity contribution in [2.45, 2.75) is 11.4 Å². The van der Waals surface area contributed by atoms with Crippen molar-refractivity contribution in [3.8, 4) is 0 Å². The highest BCUT2D eigenvalue weighted by atomic mass is 79.9. The lowest BCUT2D eigenvalue weighted by Gasteiger charge is -2.09. The minimum Gasteiger partial charge on any atom is -0.207 e. The van der Waals surface area contributed by atoms with Crippen LogP contribution in [0.25, 0.3) is 0 Å². The van der Waals surface area contributed by atoms with E-state index in [9.17, 15) is 8.42 Å². The van der Waals surface area contributed by atoms with Crippen molar-refractivity contribution in [3.63, 3.8) is 0 Å². The van der Waals surface area contributed by atoms with Crippen LogP contribution < -0.4 is 4.72 Å². The molecule has 1 N–H and O–H groups in total. The lowest BCUT2D eigenvalue weighted by Crippen LogP contribution is -2.23. The van der Waals surface area contributed by atoms with E-state index in [2.05, 4.69) is 20.7 Å². The normalized spacial score (nSPS) is 11.6. The van der Waals surface area contributed by atoms with E-state index in [0.717, 1.165) is 0 Å². The first-order valence-corrected chi connectivity index (χ1v) is 8.61. The minimum atomic E-state index is -3.61. The van der Waals surface area contributed by atoms with E-state index >= 15 is 0 Å². The lowest BCUT2D eigenvalue weighted by atomic mass is 10.2. The van der Waals surface area contributed by atoms with Crippen LogP contribution in [0.5, 0.6) is 0 Å². The Kier molecular flexibility index (Phi) is 5.09. The Morgan fingerprint density at radius 1 is 1.05 bits per heavy atom. The van der Waals surface area contributed by atoms with E-state index in [1.165, 1.54) is 18.2 Å². The van der Waals surface area contributed by atoms with E-state index in [1.807, 2.05) is 0 Å². The molecule has 0 radical (unpaired) electrons. The molecule has 0 atom stereocenters. The number of hydrogen-bond donors (Lipinski definition) is 1. The average Bonchev–Trinajstić information content (AvgIpc) is 2.41. The molecule has 0 unspecified atom stereocenters. The van der Waals surface area contributed by atoms with Gasteiger partial charge < -0.3 is 0 Å². The molecule has 0 aromatic heterocycles. The molecule has 0 heterocycles. The largest absolute Gasteiger partial charge is 0.240 e. The van der Waals surface area contributed by atoms with E-state index in [-0.39, 0.29) is 11.4 Å². The second-order valence-electron chi connectivity index (χ2n) is 3.99. The van der Waals surface area contributed by atoms with Crippen LogP contribution in [-0.2, 0) is 16.6 Å². The van der Waals surface area contributed by atoms with Crippen molar-refractivity contribution in [1.29, 1.82) is 0 Å². The Bertz CT molecular complexity index is 735. The molecule has 0 aliphatic carbocycles. The summed E-state index contributed by atoms with van der Waals surface area (Å²) in [5.74, 6) is 0. The Balaban J connectivity index is 2.19. The fourth-order valence-corrected chi connectivity index (χ4v) is 3.42. The van der Waals surface area contributed by atoms with Crippen molar-refractivity contribution >= 4 is 49.2 Å². The predicted molar refractivity (Wildman–Crippen MR) is 84.6 cm³/mol. The predicted octanol–water partition coefficient (Wildman–Crippen LogP) is 4.23. The molecule has 2 aromatic rings. The molecule has 20 heavy (non-hydrogen) atoms. The first-order valence-electron chi connectivity index (χ1n) is 5.58. The maximum absolute atomic E-state index is 12.2. The van der Waals surface area contributed by atoms with Crippen molar-refractivity contribution in [2.75, 3.05) is 0 Å². The highest BCUT2D eigenvalue weighted by molar-refractivity contribution is 9.10. The van der Waals surface area contributed by atoms with Gasteiger partial charge in [0.25, 0.3) is 0 Å². The molecule has 7 heteroatoms. The maximum atomic E-state index is 12.2. The standard InChI is InChI=1S/C13H10BrCl2NO2S/c14-11-7-10(5-6-13(11)16)20(18,19)17-8-9-3-1-2-4-12(9)15/h1-7,17H,8H2. The molecule has 0 spiro atoms. The molecule has 0 saturated carbocycles. The monoisotopic (exact) mass is 393 g/mol. The third-order valence-electron chi connectivity index (χ3n) is 2.61. The summed E-state index contributed by atoms with van der Waals surface area (Å²) in [7, 11) is -3.61. The molecule has 3 nitrogen and oxygen atoms in total. The van der Waals surface area contributed by atoms with Gasteiger partial charge in [0.2, 0.25) is 10.0 Å². The van der Waals surface area contributed by atoms with Crippen LogP contribution in [0.2, 0.25) is 10.0 Å². The van der Waals surface area contributed by atoms with Gasteiger partial charge in [0.05, 0.1) is 9.92 Å². The van der Waals surface area contributed by atoms with Crippen LogP contribution >= 0.6 is 39.1 Å². The Morgan fingerprint density at radius 2 is 1.75 bits per heavy atom. The molecule has 0 amide bonds. The maximum Gasteiger partial charge on any atom is 0.240 e. The molecule has 2 aromatic carbocycles. The van der Waals surface area contributed by atoms with Crippen LogP contribution in [-0.4, -0.2) is 8.42 Å². The molecule has 0 fully saturated rings. The zero-order valence-electron chi connectivity index (χ0n) is 10.1. The summed E-state index contributed by atoms with van der Waals surface area (Å²) in [5, 5.41) is 0.975. The number of halogens is 3. The van der Waals surface area contributed by atoms with Gasteiger partial charge in [-0.25, -0.2) is 13.1 Å². The Hall–Kier alpha value is -0.590. The highest BCUT2D eigenvalue weighted by Crippen LogP contribution is 2.25. The van der Waals surface area contributed by atoms with Gasteiger partial charge >= 0.3 is 0 Å². The van der Waals surface area contributed by atoms with E-state index in [4.69, 9.17) is 23.2 Å². The Morgan fingerprint density at radius 3 is 2.40 bits per heavy atom. The fourth-order valence-electron chi connectivity index (χ4n) is 1.54. The number of hydrogen-bond acceptors (Lipinski definition) is 2. The summed E-state index contributed by atoms with van der Waals surface area (Å²) in [5.41, 5.74) is 0.714. The topological polar surface area (TPSA) is 46.2 Å². The summed E-state index contributed by atoms with van der Waals surface area (Å²) in [4.78, 5) is 0.140. The Labute approximate surface area is 136 Å². The molecular weight excluding hydrogens is 385 g/mol. The smallest absolute Gasteiger partial charge is 0.207 e. The highest BCUT2D eigenvalue weighted by Gasteiger charge is 2.15. The van der Waals surface area contributed by atoms with Crippen molar-refractivity contribution in [2.24, 2.45) is 0 Å². The molecule has 0 saturated heterocycles. The first-order chi connectivity index (χ1) is 9.40. The van der Waals surface area contributed by atoms with Crippen molar-refractivity contribution in [1.82, 2.24) is 4.72 Å². The van der Waals surface area contributed by atoms with E-state index < -0.39 is 10.0 Å². The fraction of sp³-hybridized carbons (Fsp3) is 0.0769. The SMILES string of the molecule is O=S(=O)(NCc1ccccc1Cl)c1ccc(Cl)c(Br)c1. The molecule has 0 aliphatic rings. The minimum absolute atomic E-state index is 0.127. The third-order valence-corrected chi connectivity index (χ3v) is 5.59.